The predicted molar refractivity (Wildman–Crippen MR) is 37.8 cm³/mol. The molecule has 3 N–H and O–H groups in total. The van der Waals surface area contributed by atoms with Gasteiger partial charge in [0.15, 0.2) is 0 Å². The quantitative estimate of drug-likeness (QED) is 0.462. The highest BCUT2D eigenvalue weighted by Crippen LogP contribution is 1.98. The first kappa shape index (κ1) is 12.3. The molecule has 0 aromatic heterocycles. The maximum Gasteiger partial charge on any atom is 0.314 e. The van der Waals surface area contributed by atoms with E-state index >= 15 is 0 Å². The summed E-state index contributed by atoms with van der Waals surface area (Å²) in [5.41, 5.74) is 0. The Morgan fingerprint density at radius 1 is 1.60 bits per heavy atom. The van der Waals surface area contributed by atoms with Crippen molar-refractivity contribution < 1.29 is 19.1 Å². The zero-order valence-corrected chi connectivity index (χ0v) is 6.92. The molecule has 10 heavy (non-hydrogen) atoms. The van der Waals surface area contributed by atoms with Crippen LogP contribution in [0.4, 0.5) is 0 Å². The third-order valence-corrected chi connectivity index (χ3v) is 0.600. The van der Waals surface area contributed by atoms with Crippen molar-refractivity contribution in [1.29, 1.82) is 0 Å². The van der Waals surface area contributed by atoms with E-state index in [4.69, 9.17) is 14.4 Å². The minimum absolute atomic E-state index is 0.0926. The first-order chi connectivity index (χ1) is 4.54. The first-order valence-electron chi connectivity index (χ1n) is 2.67. The van der Waals surface area contributed by atoms with Crippen LogP contribution in [0.25, 0.3) is 0 Å². The summed E-state index contributed by atoms with van der Waals surface area (Å²) in [7, 11) is -1.50. The molecule has 0 spiro atoms. The molecule has 1 amide bonds. The Balaban J connectivity index is 0. The van der Waals surface area contributed by atoms with Crippen LogP contribution in [0.5, 0.6) is 0 Å². The van der Waals surface area contributed by atoms with Crippen LogP contribution in [-0.2, 0) is 9.36 Å². The van der Waals surface area contributed by atoms with Crippen LogP contribution >= 0.6 is 8.25 Å². The molecule has 0 fully saturated rings. The van der Waals surface area contributed by atoms with Gasteiger partial charge in [0, 0.05) is 13.5 Å². The van der Waals surface area contributed by atoms with Gasteiger partial charge in [-0.15, -0.1) is 0 Å². The van der Waals surface area contributed by atoms with E-state index in [1.54, 1.807) is 7.05 Å². The molecule has 0 aromatic carbocycles. The minimum Gasteiger partial charge on any atom is -0.359 e. The summed E-state index contributed by atoms with van der Waals surface area (Å²) < 4.78 is 8.74. The lowest BCUT2D eigenvalue weighted by molar-refractivity contribution is -0.120. The second-order valence-electron chi connectivity index (χ2n) is 1.31. The van der Waals surface area contributed by atoms with E-state index in [2.05, 4.69) is 5.32 Å². The molecule has 0 atom stereocenters. The van der Waals surface area contributed by atoms with Crippen LogP contribution in [-0.4, -0.2) is 22.7 Å². The summed E-state index contributed by atoms with van der Waals surface area (Å²) in [5, 5.41) is 2.48. The van der Waals surface area contributed by atoms with Crippen LogP contribution < -0.4 is 5.32 Å². The summed E-state index contributed by atoms with van der Waals surface area (Å²) in [4.78, 5) is 24.4. The van der Waals surface area contributed by atoms with Crippen LogP contribution in [0.3, 0.4) is 0 Å². The summed E-state index contributed by atoms with van der Waals surface area (Å²) in [6.45, 7) is 1.82. The lowest BCUT2D eigenvalue weighted by Gasteiger charge is -1.87. The molecule has 0 heterocycles. The highest BCUT2D eigenvalue weighted by Gasteiger charge is 1.84. The maximum absolute atomic E-state index is 10.1. The second kappa shape index (κ2) is 8.62. The normalized spacial score (nSPS) is 8.10. The minimum atomic E-state index is -3.13. The fourth-order valence-electron chi connectivity index (χ4n) is 0.177. The number of nitrogens with one attached hydrogen (secondary N) is 1. The van der Waals surface area contributed by atoms with Gasteiger partial charge in [0.05, 0.1) is 0 Å². The van der Waals surface area contributed by atoms with Crippen molar-refractivity contribution in [3.8, 4) is 0 Å². The largest absolute Gasteiger partial charge is 0.359 e. The summed E-state index contributed by atoms with van der Waals surface area (Å²) in [5.74, 6) is 0.0926. The van der Waals surface area contributed by atoms with Crippen molar-refractivity contribution in [3.63, 3.8) is 0 Å². The molecule has 0 unspecified atom stereocenters. The third kappa shape index (κ3) is 25.5. The first-order valence-corrected chi connectivity index (χ1v) is 3.97. The molecule has 0 aliphatic carbocycles. The van der Waals surface area contributed by atoms with Crippen molar-refractivity contribution in [2.75, 3.05) is 7.05 Å². The van der Waals surface area contributed by atoms with Crippen LogP contribution in [0.2, 0.25) is 0 Å². The fourth-order valence-corrected chi connectivity index (χ4v) is 0.177. The van der Waals surface area contributed by atoms with Gasteiger partial charge in [0.25, 0.3) is 0 Å². The number of amides is 1. The van der Waals surface area contributed by atoms with Crippen molar-refractivity contribution in [2.45, 2.75) is 13.3 Å². The number of carbonyl (C=O) groups is 1. The summed E-state index contributed by atoms with van der Waals surface area (Å²) in [6, 6.07) is 0. The highest BCUT2D eigenvalue weighted by atomic mass is 31.1. The molecule has 0 radical (unpaired) electrons. The molecule has 0 saturated carbocycles. The van der Waals surface area contributed by atoms with Gasteiger partial charge in [-0.2, -0.15) is 0 Å². The molecule has 0 saturated heterocycles. The van der Waals surface area contributed by atoms with E-state index in [0.29, 0.717) is 6.42 Å². The molecule has 5 nitrogen and oxygen atoms in total. The molecule has 0 aromatic rings. The van der Waals surface area contributed by atoms with Crippen molar-refractivity contribution in [2.24, 2.45) is 0 Å². The second-order valence-corrected chi connectivity index (χ2v) is 1.87. The van der Waals surface area contributed by atoms with E-state index in [1.165, 1.54) is 0 Å². The average molecular weight is 169 g/mol. The van der Waals surface area contributed by atoms with Crippen LogP contribution in [0, 0.1) is 0 Å². The van der Waals surface area contributed by atoms with E-state index in [-0.39, 0.29) is 5.91 Å². The molecule has 0 bridgehead atoms. The Hall–Kier alpha value is -0.380. The fraction of sp³-hybridized carbons (Fsp3) is 0.750. The zero-order valence-electron chi connectivity index (χ0n) is 5.92. The molecule has 0 aliphatic heterocycles. The van der Waals surface area contributed by atoms with Crippen molar-refractivity contribution in [1.82, 2.24) is 5.32 Å². The van der Waals surface area contributed by atoms with Gasteiger partial charge in [-0.25, -0.2) is 0 Å². The van der Waals surface area contributed by atoms with Gasteiger partial charge in [0.2, 0.25) is 5.91 Å². The Morgan fingerprint density at radius 2 is 1.90 bits per heavy atom. The van der Waals surface area contributed by atoms with Gasteiger partial charge >= 0.3 is 8.25 Å². The highest BCUT2D eigenvalue weighted by molar-refractivity contribution is 7.30. The summed E-state index contributed by atoms with van der Waals surface area (Å²) >= 11 is 0. The van der Waals surface area contributed by atoms with Gasteiger partial charge < -0.3 is 15.1 Å². The molecular formula is C4H12NO4P. The van der Waals surface area contributed by atoms with E-state index in [0.717, 1.165) is 0 Å². The number of hydrogen-bond donors (Lipinski definition) is 3. The molecule has 0 aliphatic rings. The third-order valence-electron chi connectivity index (χ3n) is 0.600. The Bertz CT molecular complexity index is 106. The number of hydrogen-bond acceptors (Lipinski definition) is 2. The SMILES string of the molecule is CCC(=O)NC.O=[PH](O)O. The Kier molecular flexibility index (Phi) is 10.6. The monoisotopic (exact) mass is 169 g/mol. The lowest BCUT2D eigenvalue weighted by atomic mass is 10.5. The van der Waals surface area contributed by atoms with Crippen molar-refractivity contribution >= 4 is 14.2 Å². The maximum atomic E-state index is 10.1. The average Bonchev–Trinajstić information content (AvgIpc) is 1.85. The zero-order chi connectivity index (χ0) is 8.57. The van der Waals surface area contributed by atoms with Gasteiger partial charge in [-0.05, 0) is 0 Å². The lowest BCUT2D eigenvalue weighted by Crippen LogP contribution is -2.15. The topological polar surface area (TPSA) is 86.6 Å². The number of carbonyl (C=O) groups excluding carboxylic acids is 1. The smallest absolute Gasteiger partial charge is 0.314 e. The van der Waals surface area contributed by atoms with Crippen molar-refractivity contribution in [3.05, 3.63) is 0 Å². The molecule has 62 valence electrons. The Morgan fingerprint density at radius 3 is 1.90 bits per heavy atom. The van der Waals surface area contributed by atoms with Gasteiger partial charge in [0.1, 0.15) is 0 Å². The summed E-state index contributed by atoms with van der Waals surface area (Å²) in [6.07, 6.45) is 0.580. The van der Waals surface area contributed by atoms with Crippen LogP contribution in [0.15, 0.2) is 0 Å². The Labute approximate surface area is 60.0 Å². The standard InChI is InChI=1S/C4H9NO.H3O3P/c1-3-4(6)5-2;1-4(2)3/h3H2,1-2H3,(H,5,6);4H,(H2,1,2,3). The predicted octanol–water partition coefficient (Wildman–Crippen LogP) is -0.497. The van der Waals surface area contributed by atoms with E-state index in [1.807, 2.05) is 6.92 Å². The molecular weight excluding hydrogens is 157 g/mol. The molecule has 0 rings (SSSR count). The van der Waals surface area contributed by atoms with E-state index < -0.39 is 8.25 Å². The molecule has 6 heteroatoms. The van der Waals surface area contributed by atoms with Gasteiger partial charge in [-0.3, -0.25) is 9.36 Å². The number of rotatable bonds is 1. The van der Waals surface area contributed by atoms with Crippen LogP contribution in [0.1, 0.15) is 13.3 Å². The van der Waals surface area contributed by atoms with Gasteiger partial charge in [-0.1, -0.05) is 6.92 Å². The van der Waals surface area contributed by atoms with E-state index in [9.17, 15) is 4.79 Å².